The van der Waals surface area contributed by atoms with Gasteiger partial charge in [-0.15, -0.1) is 0 Å². The molecule has 0 saturated carbocycles. The van der Waals surface area contributed by atoms with Crippen LogP contribution in [0.5, 0.6) is 0 Å². The van der Waals surface area contributed by atoms with Crippen LogP contribution >= 0.6 is 0 Å². The Labute approximate surface area is 193 Å². The first-order valence-corrected chi connectivity index (χ1v) is 10.7. The molecule has 164 valence electrons. The Bertz CT molecular complexity index is 1670. The van der Waals surface area contributed by atoms with E-state index < -0.39 is 16.7 Å². The Hall–Kier alpha value is -4.78. The second-order valence-corrected chi connectivity index (χ2v) is 8.23. The summed E-state index contributed by atoms with van der Waals surface area (Å²) in [6.45, 7) is 0. The van der Waals surface area contributed by atoms with Gasteiger partial charge in [-0.05, 0) is 29.8 Å². The van der Waals surface area contributed by atoms with Crippen LogP contribution in [0.3, 0.4) is 0 Å². The molecule has 0 N–H and O–H groups in total. The van der Waals surface area contributed by atoms with Crippen LogP contribution < -0.4 is 4.90 Å². The molecular formula is C27H17N3O4. The molecule has 2 heterocycles. The second kappa shape index (κ2) is 7.11. The number of anilines is 1. The number of hydrogen-bond donors (Lipinski definition) is 0. The maximum Gasteiger partial charge on any atom is 0.269 e. The van der Waals surface area contributed by atoms with Crippen molar-refractivity contribution < 1.29 is 14.5 Å². The average Bonchev–Trinajstić information content (AvgIpc) is 3.29. The normalized spacial score (nSPS) is 13.1. The average molecular weight is 447 g/mol. The molecule has 7 nitrogen and oxygen atoms in total. The van der Waals surface area contributed by atoms with Gasteiger partial charge in [0.1, 0.15) is 0 Å². The minimum absolute atomic E-state index is 0.109. The van der Waals surface area contributed by atoms with Crippen LogP contribution in [0.25, 0.3) is 32.9 Å². The molecule has 0 fully saturated rings. The number of fused-ring (bicyclic) bond motifs is 4. The molecule has 7 heteroatoms. The lowest BCUT2D eigenvalue weighted by atomic mass is 9.91. The molecule has 0 radical (unpaired) electrons. The molecule has 1 aliphatic rings. The largest absolute Gasteiger partial charge is 0.344 e. The van der Waals surface area contributed by atoms with E-state index in [2.05, 4.69) is 0 Å². The smallest absolute Gasteiger partial charge is 0.269 e. The summed E-state index contributed by atoms with van der Waals surface area (Å²) in [6, 6.07) is 24.8. The van der Waals surface area contributed by atoms with Crippen molar-refractivity contribution in [3.63, 3.8) is 0 Å². The standard InChI is InChI=1S/C27H17N3O4/c1-28-21-10-6-5-9-19(21)24-22(28)15-20-25(23(24)16-7-3-2-4-8-16)27(32)29(26(20)31)17-11-13-18(14-12-17)30(33)34/h2-15H,1H3. The van der Waals surface area contributed by atoms with Gasteiger partial charge >= 0.3 is 0 Å². The lowest BCUT2D eigenvalue weighted by Gasteiger charge is -2.14. The fourth-order valence-electron chi connectivity index (χ4n) is 4.88. The number of amides is 2. The Kier molecular flexibility index (Phi) is 4.16. The van der Waals surface area contributed by atoms with Crippen LogP contribution in [-0.2, 0) is 7.05 Å². The van der Waals surface area contributed by atoms with E-state index in [9.17, 15) is 19.7 Å². The van der Waals surface area contributed by atoms with Gasteiger partial charge in [0.15, 0.2) is 0 Å². The summed E-state index contributed by atoms with van der Waals surface area (Å²) in [5.41, 5.74) is 4.27. The minimum Gasteiger partial charge on any atom is -0.344 e. The number of nitro groups is 1. The van der Waals surface area contributed by atoms with Crippen molar-refractivity contribution in [1.82, 2.24) is 4.57 Å². The summed E-state index contributed by atoms with van der Waals surface area (Å²) in [7, 11) is 1.95. The highest BCUT2D eigenvalue weighted by molar-refractivity contribution is 6.39. The van der Waals surface area contributed by atoms with Gasteiger partial charge in [0.2, 0.25) is 0 Å². The molecule has 0 saturated heterocycles. The first-order valence-electron chi connectivity index (χ1n) is 10.7. The monoisotopic (exact) mass is 447 g/mol. The number of imide groups is 1. The number of carbonyl (C=O) groups is 2. The maximum absolute atomic E-state index is 13.8. The van der Waals surface area contributed by atoms with Gasteiger partial charge in [-0.1, -0.05) is 48.5 Å². The van der Waals surface area contributed by atoms with Gasteiger partial charge in [-0.2, -0.15) is 0 Å². The van der Waals surface area contributed by atoms with E-state index in [0.29, 0.717) is 22.4 Å². The molecule has 0 spiro atoms. The molecule has 4 aromatic carbocycles. The number of nitro benzene ring substituents is 1. The summed E-state index contributed by atoms with van der Waals surface area (Å²) in [6.07, 6.45) is 0. The molecule has 34 heavy (non-hydrogen) atoms. The van der Waals surface area contributed by atoms with Gasteiger partial charge in [0.25, 0.3) is 17.5 Å². The summed E-state index contributed by atoms with van der Waals surface area (Å²) < 4.78 is 2.03. The Morgan fingerprint density at radius 1 is 0.765 bits per heavy atom. The maximum atomic E-state index is 13.8. The van der Waals surface area contributed by atoms with Gasteiger partial charge in [0, 0.05) is 41.0 Å². The van der Waals surface area contributed by atoms with Crippen LogP contribution in [-0.4, -0.2) is 21.3 Å². The van der Waals surface area contributed by atoms with Crippen molar-refractivity contribution >= 4 is 45.0 Å². The molecule has 2 amide bonds. The van der Waals surface area contributed by atoms with E-state index in [1.54, 1.807) is 6.07 Å². The Morgan fingerprint density at radius 2 is 1.44 bits per heavy atom. The van der Waals surface area contributed by atoms with Crippen molar-refractivity contribution in [3.8, 4) is 11.1 Å². The summed E-state index contributed by atoms with van der Waals surface area (Å²) >= 11 is 0. The number of para-hydroxylation sites is 1. The number of non-ortho nitro benzene ring substituents is 1. The lowest BCUT2D eigenvalue weighted by molar-refractivity contribution is -0.384. The number of hydrogen-bond acceptors (Lipinski definition) is 4. The molecule has 1 aliphatic heterocycles. The van der Waals surface area contributed by atoms with E-state index in [-0.39, 0.29) is 5.69 Å². The van der Waals surface area contributed by atoms with Crippen LogP contribution in [0.4, 0.5) is 11.4 Å². The molecule has 6 rings (SSSR count). The van der Waals surface area contributed by atoms with E-state index in [1.807, 2.05) is 66.2 Å². The molecular weight excluding hydrogens is 430 g/mol. The first kappa shape index (κ1) is 19.9. The van der Waals surface area contributed by atoms with E-state index in [0.717, 1.165) is 32.3 Å². The zero-order valence-electron chi connectivity index (χ0n) is 18.1. The number of aromatic nitrogens is 1. The quantitative estimate of drug-likeness (QED) is 0.201. The zero-order valence-corrected chi connectivity index (χ0v) is 18.1. The van der Waals surface area contributed by atoms with Crippen molar-refractivity contribution in [2.24, 2.45) is 7.05 Å². The third-order valence-corrected chi connectivity index (χ3v) is 6.43. The van der Waals surface area contributed by atoms with E-state index in [4.69, 9.17) is 0 Å². The summed E-state index contributed by atoms with van der Waals surface area (Å²) in [4.78, 5) is 38.9. The number of carbonyl (C=O) groups excluding carboxylic acids is 2. The van der Waals surface area contributed by atoms with Gasteiger partial charge in [-0.3, -0.25) is 19.7 Å². The van der Waals surface area contributed by atoms with E-state index >= 15 is 0 Å². The van der Waals surface area contributed by atoms with Crippen molar-refractivity contribution in [3.05, 3.63) is 106 Å². The third-order valence-electron chi connectivity index (χ3n) is 6.43. The van der Waals surface area contributed by atoms with Gasteiger partial charge in [0.05, 0.1) is 27.3 Å². The molecule has 0 aliphatic carbocycles. The molecule has 0 bridgehead atoms. The van der Waals surface area contributed by atoms with Gasteiger partial charge in [-0.25, -0.2) is 4.90 Å². The predicted octanol–water partition coefficient (Wildman–Crippen LogP) is 5.71. The molecule has 5 aromatic rings. The first-order chi connectivity index (χ1) is 16.5. The van der Waals surface area contributed by atoms with Gasteiger partial charge < -0.3 is 4.57 Å². The highest BCUT2D eigenvalue weighted by Crippen LogP contribution is 2.43. The highest BCUT2D eigenvalue weighted by atomic mass is 16.6. The second-order valence-electron chi connectivity index (χ2n) is 8.23. The fourth-order valence-corrected chi connectivity index (χ4v) is 4.88. The Balaban J connectivity index is 1.67. The number of rotatable bonds is 3. The lowest BCUT2D eigenvalue weighted by Crippen LogP contribution is -2.29. The highest BCUT2D eigenvalue weighted by Gasteiger charge is 2.40. The third kappa shape index (κ3) is 2.64. The van der Waals surface area contributed by atoms with E-state index in [1.165, 1.54) is 24.3 Å². The van der Waals surface area contributed by atoms with Crippen molar-refractivity contribution in [2.75, 3.05) is 4.90 Å². The molecule has 0 unspecified atom stereocenters. The van der Waals surface area contributed by atoms with Crippen molar-refractivity contribution in [2.45, 2.75) is 0 Å². The van der Waals surface area contributed by atoms with Crippen LogP contribution in [0.2, 0.25) is 0 Å². The van der Waals surface area contributed by atoms with Crippen LogP contribution in [0, 0.1) is 10.1 Å². The van der Waals surface area contributed by atoms with Crippen molar-refractivity contribution in [1.29, 1.82) is 0 Å². The number of nitrogens with zero attached hydrogens (tertiary/aromatic N) is 3. The topological polar surface area (TPSA) is 85.4 Å². The van der Waals surface area contributed by atoms with Crippen LogP contribution in [0.1, 0.15) is 20.7 Å². The van der Waals surface area contributed by atoms with Crippen LogP contribution in [0.15, 0.2) is 84.9 Å². The predicted molar refractivity (Wildman–Crippen MR) is 130 cm³/mol. The molecule has 0 atom stereocenters. The Morgan fingerprint density at radius 3 is 2.15 bits per heavy atom. The zero-order chi connectivity index (χ0) is 23.6. The fraction of sp³-hybridized carbons (Fsp3) is 0.0370. The SMILES string of the molecule is Cn1c2ccccc2c2c(-c3ccccc3)c3c(cc21)C(=O)N(c1ccc([N+](=O)[O-])cc1)C3=O. The minimum atomic E-state index is -0.516. The summed E-state index contributed by atoms with van der Waals surface area (Å²) in [5.74, 6) is -0.888. The number of benzene rings is 4. The number of aryl methyl sites for hydroxylation is 1. The summed E-state index contributed by atoms with van der Waals surface area (Å²) in [5, 5.41) is 12.9. The molecule has 1 aromatic heterocycles.